The maximum absolute atomic E-state index is 6.25. The Morgan fingerprint density at radius 3 is 2.96 bits per heavy atom. The van der Waals surface area contributed by atoms with Crippen molar-refractivity contribution in [3.8, 4) is 17.4 Å². The summed E-state index contributed by atoms with van der Waals surface area (Å²) >= 11 is 0. The van der Waals surface area contributed by atoms with Gasteiger partial charge in [-0.3, -0.25) is 10.9 Å². The molecule has 4 heterocycles. The summed E-state index contributed by atoms with van der Waals surface area (Å²) < 4.78 is 17.4. The Labute approximate surface area is 157 Å². The van der Waals surface area contributed by atoms with Gasteiger partial charge in [-0.05, 0) is 18.6 Å². The summed E-state index contributed by atoms with van der Waals surface area (Å²) in [5.74, 6) is 3.29. The predicted molar refractivity (Wildman–Crippen MR) is 99.1 cm³/mol. The van der Waals surface area contributed by atoms with Crippen molar-refractivity contribution < 1.29 is 14.2 Å². The van der Waals surface area contributed by atoms with Crippen LogP contribution in [0.2, 0.25) is 0 Å². The van der Waals surface area contributed by atoms with Gasteiger partial charge < -0.3 is 19.1 Å². The van der Waals surface area contributed by atoms with Crippen molar-refractivity contribution in [2.45, 2.75) is 24.6 Å². The van der Waals surface area contributed by atoms with Gasteiger partial charge in [0.15, 0.2) is 11.5 Å². The molecule has 5 rings (SSSR count). The van der Waals surface area contributed by atoms with Crippen LogP contribution in [0.5, 0.6) is 17.4 Å². The fraction of sp³-hybridized carbons (Fsp3) is 0.474. The van der Waals surface area contributed by atoms with Crippen LogP contribution in [0.25, 0.3) is 0 Å². The Kier molecular flexibility index (Phi) is 4.21. The Morgan fingerprint density at radius 2 is 2.07 bits per heavy atom. The summed E-state index contributed by atoms with van der Waals surface area (Å²) in [5, 5.41) is 0. The van der Waals surface area contributed by atoms with Gasteiger partial charge in [0.2, 0.25) is 11.8 Å². The van der Waals surface area contributed by atoms with Crippen LogP contribution in [0.3, 0.4) is 0 Å². The van der Waals surface area contributed by atoms with Gasteiger partial charge in [-0.25, -0.2) is 4.98 Å². The van der Waals surface area contributed by atoms with E-state index in [-0.39, 0.29) is 12.1 Å². The summed E-state index contributed by atoms with van der Waals surface area (Å²) in [5.41, 5.74) is 6.89. The maximum atomic E-state index is 6.25. The summed E-state index contributed by atoms with van der Waals surface area (Å²) in [6.07, 6.45) is 2.71. The predicted octanol–water partition coefficient (Wildman–Crippen LogP) is 0.996. The van der Waals surface area contributed by atoms with Crippen molar-refractivity contribution in [1.82, 2.24) is 20.8 Å². The van der Waals surface area contributed by atoms with Crippen LogP contribution in [0.15, 0.2) is 36.5 Å². The van der Waals surface area contributed by atoms with E-state index in [4.69, 9.17) is 14.2 Å². The molecule has 3 aliphatic heterocycles. The molecule has 2 fully saturated rings. The first kappa shape index (κ1) is 16.6. The van der Waals surface area contributed by atoms with Crippen molar-refractivity contribution in [3.05, 3.63) is 36.5 Å². The monoisotopic (exact) mass is 369 g/mol. The lowest BCUT2D eigenvalue weighted by Crippen LogP contribution is -2.53. The molecule has 0 saturated carbocycles. The number of benzene rings is 1. The molecule has 1 aromatic heterocycles. The number of hydrazine groups is 1. The molecule has 0 amide bonds. The maximum Gasteiger partial charge on any atom is 0.228 e. The molecule has 2 N–H and O–H groups in total. The second kappa shape index (κ2) is 6.86. The summed E-state index contributed by atoms with van der Waals surface area (Å²) in [4.78, 5) is 11.1. The first-order valence-corrected chi connectivity index (χ1v) is 9.33. The van der Waals surface area contributed by atoms with Gasteiger partial charge in [0.1, 0.15) is 12.7 Å². The molecule has 4 unspecified atom stereocenters. The Balaban J connectivity index is 1.33. The van der Waals surface area contributed by atoms with E-state index in [2.05, 4.69) is 25.7 Å². The normalized spacial score (nSPS) is 29.3. The number of ether oxygens (including phenoxy) is 3. The number of methoxy groups -OCH3 is 1. The number of fused-ring (bicyclic) bond motifs is 2. The molecular formula is C19H23N5O3. The molecule has 3 aliphatic rings. The average molecular weight is 369 g/mol. The Morgan fingerprint density at radius 1 is 1.19 bits per heavy atom. The highest BCUT2D eigenvalue weighted by atomic mass is 16.6. The third-order valence-electron chi connectivity index (χ3n) is 5.60. The van der Waals surface area contributed by atoms with Gasteiger partial charge in [0, 0.05) is 37.3 Å². The number of aromatic nitrogens is 2. The van der Waals surface area contributed by atoms with Gasteiger partial charge in [-0.1, -0.05) is 12.1 Å². The lowest BCUT2D eigenvalue weighted by Gasteiger charge is -2.38. The van der Waals surface area contributed by atoms with Gasteiger partial charge in [-0.2, -0.15) is 4.98 Å². The SMILES string of the molecule is COc1ccnc(N2CCC3NNC(C4COc5ccccc5O4)C3C2)n1. The molecule has 2 saturated heterocycles. The lowest BCUT2D eigenvalue weighted by molar-refractivity contribution is 0.0529. The number of nitrogens with one attached hydrogen (secondary N) is 2. The highest BCUT2D eigenvalue weighted by Gasteiger charge is 2.45. The zero-order valence-electron chi connectivity index (χ0n) is 15.2. The van der Waals surface area contributed by atoms with Crippen molar-refractivity contribution in [1.29, 1.82) is 0 Å². The van der Waals surface area contributed by atoms with Crippen LogP contribution < -0.4 is 30.0 Å². The minimum Gasteiger partial charge on any atom is -0.486 e. The minimum absolute atomic E-state index is 0.0476. The van der Waals surface area contributed by atoms with Crippen LogP contribution in [0.4, 0.5) is 5.95 Å². The van der Waals surface area contributed by atoms with Gasteiger partial charge in [0.05, 0.1) is 13.2 Å². The first-order valence-electron chi connectivity index (χ1n) is 9.33. The number of rotatable bonds is 3. The van der Waals surface area contributed by atoms with Crippen LogP contribution in [0.1, 0.15) is 6.42 Å². The number of hydrogen-bond donors (Lipinski definition) is 2. The highest BCUT2D eigenvalue weighted by Crippen LogP contribution is 2.35. The molecule has 4 atom stereocenters. The van der Waals surface area contributed by atoms with Crippen molar-refractivity contribution >= 4 is 5.95 Å². The molecule has 27 heavy (non-hydrogen) atoms. The largest absolute Gasteiger partial charge is 0.486 e. The first-order chi connectivity index (χ1) is 13.3. The van der Waals surface area contributed by atoms with E-state index in [1.807, 2.05) is 24.3 Å². The van der Waals surface area contributed by atoms with E-state index in [1.165, 1.54) is 0 Å². The average Bonchev–Trinajstić information content (AvgIpc) is 3.16. The number of piperidine rings is 1. The molecule has 0 bridgehead atoms. The lowest BCUT2D eigenvalue weighted by atomic mass is 9.86. The van der Waals surface area contributed by atoms with Crippen molar-refractivity contribution in [3.63, 3.8) is 0 Å². The van der Waals surface area contributed by atoms with Crippen LogP contribution in [-0.2, 0) is 0 Å². The molecule has 8 nitrogen and oxygen atoms in total. The van der Waals surface area contributed by atoms with Gasteiger partial charge in [-0.15, -0.1) is 0 Å². The molecule has 8 heteroatoms. The van der Waals surface area contributed by atoms with E-state index < -0.39 is 0 Å². The topological polar surface area (TPSA) is 80.8 Å². The number of hydrogen-bond acceptors (Lipinski definition) is 8. The van der Waals surface area contributed by atoms with E-state index >= 15 is 0 Å². The second-order valence-corrected chi connectivity index (χ2v) is 7.13. The zero-order chi connectivity index (χ0) is 18.2. The molecular weight excluding hydrogens is 346 g/mol. The summed E-state index contributed by atoms with van der Waals surface area (Å²) in [6.45, 7) is 2.29. The fourth-order valence-electron chi connectivity index (χ4n) is 4.20. The van der Waals surface area contributed by atoms with E-state index in [0.29, 0.717) is 30.4 Å². The van der Waals surface area contributed by atoms with E-state index in [9.17, 15) is 0 Å². The van der Waals surface area contributed by atoms with E-state index in [1.54, 1.807) is 19.4 Å². The Bertz CT molecular complexity index is 819. The molecule has 142 valence electrons. The summed E-state index contributed by atoms with van der Waals surface area (Å²) in [7, 11) is 1.62. The third kappa shape index (κ3) is 3.04. The number of anilines is 1. The second-order valence-electron chi connectivity index (χ2n) is 7.13. The van der Waals surface area contributed by atoms with Crippen LogP contribution in [0, 0.1) is 5.92 Å². The summed E-state index contributed by atoms with van der Waals surface area (Å²) in [6, 6.07) is 10.1. The smallest absolute Gasteiger partial charge is 0.228 e. The molecule has 2 aromatic rings. The number of nitrogens with zero attached hydrogens (tertiary/aromatic N) is 3. The molecule has 1 aromatic carbocycles. The van der Waals surface area contributed by atoms with Crippen molar-refractivity contribution in [2.75, 3.05) is 31.7 Å². The van der Waals surface area contributed by atoms with Gasteiger partial charge in [0.25, 0.3) is 0 Å². The third-order valence-corrected chi connectivity index (χ3v) is 5.60. The van der Waals surface area contributed by atoms with E-state index in [0.717, 1.165) is 31.0 Å². The Hall–Kier alpha value is -2.58. The van der Waals surface area contributed by atoms with Crippen LogP contribution in [-0.4, -0.2) is 55.0 Å². The van der Waals surface area contributed by atoms with Crippen LogP contribution >= 0.6 is 0 Å². The fourth-order valence-corrected chi connectivity index (χ4v) is 4.20. The van der Waals surface area contributed by atoms with Crippen molar-refractivity contribution in [2.24, 2.45) is 5.92 Å². The molecule has 0 spiro atoms. The molecule has 0 aliphatic carbocycles. The molecule has 0 radical (unpaired) electrons. The zero-order valence-corrected chi connectivity index (χ0v) is 15.2. The standard InChI is InChI=1S/C19H23N5O3/c1-25-17-6-8-20-19(21-17)24-9-7-13-12(10-24)18(23-22-13)16-11-26-14-4-2-3-5-15(14)27-16/h2-6,8,12-13,16,18,22-23H,7,9-11H2,1H3. The quantitative estimate of drug-likeness (QED) is 0.829. The highest BCUT2D eigenvalue weighted by molar-refractivity contribution is 5.41. The van der Waals surface area contributed by atoms with Gasteiger partial charge >= 0.3 is 0 Å². The minimum atomic E-state index is -0.0476. The number of para-hydroxylation sites is 2.